The molecular formula is C23H25N3O3. The number of aromatic nitrogens is 1. The van der Waals surface area contributed by atoms with Gasteiger partial charge in [-0.2, -0.15) is 0 Å². The normalized spacial score (nSPS) is 18.2. The lowest BCUT2D eigenvalue weighted by molar-refractivity contribution is 0.104. The molecule has 1 aliphatic carbocycles. The van der Waals surface area contributed by atoms with E-state index in [0.717, 1.165) is 47.4 Å². The lowest BCUT2D eigenvalue weighted by Crippen LogP contribution is -2.34. The first-order valence-corrected chi connectivity index (χ1v) is 10.3. The summed E-state index contributed by atoms with van der Waals surface area (Å²) in [6.07, 6.45) is 2.40. The zero-order valence-corrected chi connectivity index (χ0v) is 16.8. The number of piperidine rings is 1. The maximum Gasteiger partial charge on any atom is 0.196 e. The van der Waals surface area contributed by atoms with Crippen LogP contribution in [-0.4, -0.2) is 44.3 Å². The lowest BCUT2D eigenvalue weighted by Gasteiger charge is -2.33. The predicted octanol–water partition coefficient (Wildman–Crippen LogP) is 4.33. The first-order valence-electron chi connectivity index (χ1n) is 10.3. The van der Waals surface area contributed by atoms with Crippen LogP contribution in [0.1, 0.15) is 35.7 Å². The predicted molar refractivity (Wildman–Crippen MR) is 114 cm³/mol. The van der Waals surface area contributed by atoms with Crippen molar-refractivity contribution in [3.63, 3.8) is 0 Å². The van der Waals surface area contributed by atoms with Crippen molar-refractivity contribution in [2.75, 3.05) is 43.6 Å². The number of ketones is 1. The van der Waals surface area contributed by atoms with Gasteiger partial charge in [0.1, 0.15) is 5.52 Å². The van der Waals surface area contributed by atoms with Crippen LogP contribution in [0.15, 0.2) is 34.9 Å². The molecule has 1 saturated heterocycles. The molecule has 0 saturated carbocycles. The maximum atomic E-state index is 13.4. The summed E-state index contributed by atoms with van der Waals surface area (Å²) in [5.74, 6) is 1.33. The average Bonchev–Trinajstić information content (AvgIpc) is 3.17. The molecule has 150 valence electrons. The molecule has 1 atom stereocenters. The Kier molecular flexibility index (Phi) is 4.51. The zero-order chi connectivity index (χ0) is 20.0. The van der Waals surface area contributed by atoms with Crippen LogP contribution in [0.25, 0.3) is 22.2 Å². The quantitative estimate of drug-likeness (QED) is 0.511. The van der Waals surface area contributed by atoms with Crippen LogP contribution >= 0.6 is 0 Å². The number of hydrogen-bond acceptors (Lipinski definition) is 6. The van der Waals surface area contributed by atoms with E-state index in [1.165, 1.54) is 6.42 Å². The highest BCUT2D eigenvalue weighted by molar-refractivity contribution is 6.28. The van der Waals surface area contributed by atoms with Crippen molar-refractivity contribution in [1.29, 1.82) is 0 Å². The van der Waals surface area contributed by atoms with Crippen LogP contribution in [-0.2, 0) is 4.74 Å². The van der Waals surface area contributed by atoms with Crippen LogP contribution in [0.3, 0.4) is 0 Å². The van der Waals surface area contributed by atoms with Gasteiger partial charge in [0, 0.05) is 43.6 Å². The summed E-state index contributed by atoms with van der Waals surface area (Å²) in [6.45, 7) is 5.45. The number of rotatable bonds is 5. The van der Waals surface area contributed by atoms with Crippen molar-refractivity contribution in [2.45, 2.75) is 19.8 Å². The monoisotopic (exact) mass is 391 g/mol. The van der Waals surface area contributed by atoms with Crippen LogP contribution in [0.4, 0.5) is 11.4 Å². The molecular weight excluding hydrogens is 366 g/mol. The van der Waals surface area contributed by atoms with Crippen molar-refractivity contribution < 1.29 is 14.1 Å². The molecule has 0 amide bonds. The van der Waals surface area contributed by atoms with Gasteiger partial charge in [-0.05, 0) is 24.8 Å². The van der Waals surface area contributed by atoms with E-state index in [1.54, 1.807) is 7.11 Å². The highest BCUT2D eigenvalue weighted by Gasteiger charge is 2.34. The second-order valence-corrected chi connectivity index (χ2v) is 8.04. The summed E-state index contributed by atoms with van der Waals surface area (Å²) in [7, 11) is 1.68. The molecule has 3 aromatic rings. The van der Waals surface area contributed by atoms with Crippen molar-refractivity contribution >= 4 is 28.1 Å². The fourth-order valence-corrected chi connectivity index (χ4v) is 4.62. The molecule has 2 heterocycles. The minimum Gasteiger partial charge on any atom is -0.383 e. The SMILES string of the molecule is COCCNc1cc(N2CCC[C@@H](C)C2)c2noc3c2c1C(=O)c1ccccc1-3. The second kappa shape index (κ2) is 7.19. The van der Waals surface area contributed by atoms with Gasteiger partial charge in [-0.1, -0.05) is 36.3 Å². The molecule has 29 heavy (non-hydrogen) atoms. The Labute approximate surface area is 169 Å². The van der Waals surface area contributed by atoms with Crippen LogP contribution < -0.4 is 10.2 Å². The summed E-state index contributed by atoms with van der Waals surface area (Å²) in [6, 6.07) is 9.68. The van der Waals surface area contributed by atoms with Gasteiger partial charge < -0.3 is 19.5 Å². The van der Waals surface area contributed by atoms with Gasteiger partial charge in [0.15, 0.2) is 11.5 Å². The maximum absolute atomic E-state index is 13.4. The van der Waals surface area contributed by atoms with Gasteiger partial charge in [0.05, 0.1) is 23.2 Å². The number of anilines is 2. The van der Waals surface area contributed by atoms with Crippen molar-refractivity contribution in [3.05, 3.63) is 41.5 Å². The number of nitrogens with one attached hydrogen (secondary N) is 1. The number of carbonyl (C=O) groups is 1. The van der Waals surface area contributed by atoms with E-state index in [1.807, 2.05) is 24.3 Å². The Bertz CT molecular complexity index is 1090. The molecule has 5 rings (SSSR count). The summed E-state index contributed by atoms with van der Waals surface area (Å²) in [5.41, 5.74) is 4.78. The van der Waals surface area contributed by atoms with Crippen LogP contribution in [0.5, 0.6) is 0 Å². The number of hydrogen-bond donors (Lipinski definition) is 1. The average molecular weight is 391 g/mol. The first kappa shape index (κ1) is 18.2. The fourth-order valence-electron chi connectivity index (χ4n) is 4.62. The topological polar surface area (TPSA) is 67.6 Å². The zero-order valence-electron chi connectivity index (χ0n) is 16.8. The standard InChI is InChI=1S/C23H25N3O3/c1-14-6-5-10-26(13-14)18-12-17(24-9-11-28-2)19-20-21(18)25-29-23(20)16-8-4-3-7-15(16)22(19)27/h3-4,7-8,12,14,24H,5-6,9-11,13H2,1-2H3/t14-/m1/s1. The van der Waals surface area contributed by atoms with E-state index in [2.05, 4.69) is 28.4 Å². The van der Waals surface area contributed by atoms with Gasteiger partial charge in [-0.3, -0.25) is 4.79 Å². The highest BCUT2D eigenvalue weighted by Crippen LogP contribution is 2.46. The van der Waals surface area contributed by atoms with Crippen molar-refractivity contribution in [2.24, 2.45) is 5.92 Å². The van der Waals surface area contributed by atoms with E-state index in [0.29, 0.717) is 36.0 Å². The van der Waals surface area contributed by atoms with E-state index in [9.17, 15) is 4.79 Å². The molecule has 0 radical (unpaired) electrons. The van der Waals surface area contributed by atoms with Crippen molar-refractivity contribution in [3.8, 4) is 11.3 Å². The second-order valence-electron chi connectivity index (χ2n) is 8.04. The molecule has 0 unspecified atom stereocenters. The minimum atomic E-state index is 0.0137. The third kappa shape index (κ3) is 2.90. The number of carbonyl (C=O) groups excluding carboxylic acids is 1. The Morgan fingerprint density at radius 1 is 1.31 bits per heavy atom. The molecule has 1 aromatic heterocycles. The molecule has 6 nitrogen and oxygen atoms in total. The molecule has 0 bridgehead atoms. The molecule has 6 heteroatoms. The third-order valence-corrected chi connectivity index (χ3v) is 6.00. The fraction of sp³-hybridized carbons (Fsp3) is 0.391. The van der Waals surface area contributed by atoms with Crippen LogP contribution in [0, 0.1) is 5.92 Å². The van der Waals surface area contributed by atoms with Gasteiger partial charge >= 0.3 is 0 Å². The molecule has 1 N–H and O–H groups in total. The molecule has 2 aliphatic rings. The van der Waals surface area contributed by atoms with Gasteiger partial charge in [0.2, 0.25) is 0 Å². The van der Waals surface area contributed by atoms with Gasteiger partial charge in [0.25, 0.3) is 0 Å². The summed E-state index contributed by atoms with van der Waals surface area (Å²) in [5, 5.41) is 8.68. The molecule has 1 fully saturated rings. The van der Waals surface area contributed by atoms with E-state index in [-0.39, 0.29) is 5.78 Å². The number of fused-ring (bicyclic) bond motifs is 2. The van der Waals surface area contributed by atoms with E-state index in [4.69, 9.17) is 9.26 Å². The van der Waals surface area contributed by atoms with Gasteiger partial charge in [-0.15, -0.1) is 0 Å². The number of benzene rings is 2. The van der Waals surface area contributed by atoms with E-state index >= 15 is 0 Å². The Morgan fingerprint density at radius 3 is 2.93 bits per heavy atom. The molecule has 0 spiro atoms. The van der Waals surface area contributed by atoms with Crippen molar-refractivity contribution in [1.82, 2.24) is 5.16 Å². The molecule has 1 aliphatic heterocycles. The molecule has 2 aromatic carbocycles. The highest BCUT2D eigenvalue weighted by atomic mass is 16.5. The minimum absolute atomic E-state index is 0.0137. The number of nitrogens with zero attached hydrogens (tertiary/aromatic N) is 2. The summed E-state index contributed by atoms with van der Waals surface area (Å²) < 4.78 is 11.0. The van der Waals surface area contributed by atoms with Gasteiger partial charge in [-0.25, -0.2) is 0 Å². The Morgan fingerprint density at radius 2 is 2.14 bits per heavy atom. The lowest BCUT2D eigenvalue weighted by atomic mass is 9.86. The summed E-state index contributed by atoms with van der Waals surface area (Å²) >= 11 is 0. The largest absolute Gasteiger partial charge is 0.383 e. The summed E-state index contributed by atoms with van der Waals surface area (Å²) in [4.78, 5) is 15.8. The number of methoxy groups -OCH3 is 1. The van der Waals surface area contributed by atoms with Crippen LogP contribution in [0.2, 0.25) is 0 Å². The number of ether oxygens (including phenoxy) is 1. The Hall–Kier alpha value is -2.86. The third-order valence-electron chi connectivity index (χ3n) is 6.00. The smallest absolute Gasteiger partial charge is 0.196 e. The first-order chi connectivity index (χ1) is 14.2. The Balaban J connectivity index is 1.73. The van der Waals surface area contributed by atoms with E-state index < -0.39 is 0 Å².